The zero-order chi connectivity index (χ0) is 28.7. The van der Waals surface area contributed by atoms with Crippen molar-refractivity contribution in [1.29, 1.82) is 0 Å². The van der Waals surface area contributed by atoms with Gasteiger partial charge in [-0.1, -0.05) is 36.9 Å². The predicted molar refractivity (Wildman–Crippen MR) is 161 cm³/mol. The number of fused-ring (bicyclic) bond motifs is 13. The number of amides is 3. The summed E-state index contributed by atoms with van der Waals surface area (Å²) in [6.45, 7) is 7.06. The summed E-state index contributed by atoms with van der Waals surface area (Å²) in [7, 11) is 0. The smallest absolute Gasteiger partial charge is 0.252 e. The first-order valence-corrected chi connectivity index (χ1v) is 14.9. The van der Waals surface area contributed by atoms with Crippen molar-refractivity contribution in [3.63, 3.8) is 0 Å². The molecule has 1 saturated heterocycles. The third kappa shape index (κ3) is 3.25. The number of carbonyl (C=O) groups is 3. The van der Waals surface area contributed by atoms with Crippen LogP contribution in [0.25, 0.3) is 44.9 Å². The van der Waals surface area contributed by atoms with Gasteiger partial charge in [0.15, 0.2) is 5.72 Å². The molecule has 1 fully saturated rings. The van der Waals surface area contributed by atoms with Gasteiger partial charge in [0.05, 0.1) is 28.0 Å². The van der Waals surface area contributed by atoms with Gasteiger partial charge in [-0.05, 0) is 50.3 Å². The van der Waals surface area contributed by atoms with Crippen molar-refractivity contribution >= 4 is 62.6 Å². The fourth-order valence-corrected chi connectivity index (χ4v) is 7.88. The molecule has 8 rings (SSSR count). The minimum Gasteiger partial charge on any atom is -0.356 e. The number of nitrogens with zero attached hydrogens (tertiary/aromatic N) is 2. The average Bonchev–Trinajstić information content (AvgIpc) is 3.72. The average molecular weight is 564 g/mol. The predicted octanol–water partition coefficient (Wildman–Crippen LogP) is 2.77. The number of rotatable bonds is 7. The molecule has 4 aromatic rings. The molecule has 42 heavy (non-hydrogen) atoms. The van der Waals surface area contributed by atoms with Crippen molar-refractivity contribution in [2.45, 2.75) is 57.5 Å². The van der Waals surface area contributed by atoms with E-state index in [1.165, 1.54) is 6.08 Å². The standard InChI is InChI=1S/C33H33N5O4/c1-3-24(39)34-14-8-9-15-35-31(40)21-16-25-37-22-12-6-4-10-18(22)27-28-20(17-36-32(28)41)26-19-11-5-7-13-23(19)38(30(26)29(27)37)33(21,2)42-25/h3,5,7,10-13,21,25H,1,4,6,8-9,14-17H2,2H3,(H,34,39)(H,35,40)(H,36,41). The number of nitrogens with one attached hydrogen (secondary N) is 3. The van der Waals surface area contributed by atoms with E-state index >= 15 is 0 Å². The van der Waals surface area contributed by atoms with Crippen LogP contribution in [-0.2, 0) is 26.6 Å². The Balaban J connectivity index is 1.30. The van der Waals surface area contributed by atoms with Crippen molar-refractivity contribution in [3.8, 4) is 0 Å². The SMILES string of the molecule is C=CC(=O)NCCCCNC(=O)C1CC2OC1(C)n1c3ccccc3c3c4c(c5c6c(n2c5c31)=CCCC=6)C(=O)NC4. The van der Waals surface area contributed by atoms with E-state index in [4.69, 9.17) is 4.74 Å². The summed E-state index contributed by atoms with van der Waals surface area (Å²) < 4.78 is 11.6. The van der Waals surface area contributed by atoms with E-state index in [2.05, 4.69) is 55.9 Å². The minimum absolute atomic E-state index is 0.0227. The van der Waals surface area contributed by atoms with E-state index in [9.17, 15) is 14.4 Å². The van der Waals surface area contributed by atoms with Crippen LogP contribution in [0.15, 0.2) is 36.9 Å². The second-order valence-electron chi connectivity index (χ2n) is 11.9. The molecule has 1 aliphatic carbocycles. The third-order valence-corrected chi connectivity index (χ3v) is 9.64. The lowest BCUT2D eigenvalue weighted by atomic mass is 9.92. The van der Waals surface area contributed by atoms with Gasteiger partial charge in [0.1, 0.15) is 6.23 Å². The zero-order valence-electron chi connectivity index (χ0n) is 23.6. The highest BCUT2D eigenvalue weighted by Gasteiger charge is 2.54. The van der Waals surface area contributed by atoms with Crippen LogP contribution in [-0.4, -0.2) is 39.9 Å². The molecule has 3 N–H and O–H groups in total. The summed E-state index contributed by atoms with van der Waals surface area (Å²) in [5.41, 5.74) is 3.95. The number of unbranched alkanes of at least 4 members (excludes halogenated alkanes) is 1. The van der Waals surface area contributed by atoms with Crippen LogP contribution in [0.4, 0.5) is 0 Å². The highest BCUT2D eigenvalue weighted by Crippen LogP contribution is 2.53. The summed E-state index contributed by atoms with van der Waals surface area (Å²) in [4.78, 5) is 38.7. The topological polar surface area (TPSA) is 106 Å². The Morgan fingerprint density at radius 2 is 1.90 bits per heavy atom. The van der Waals surface area contributed by atoms with Crippen LogP contribution >= 0.6 is 0 Å². The molecule has 2 bridgehead atoms. The van der Waals surface area contributed by atoms with Crippen LogP contribution in [0.2, 0.25) is 0 Å². The molecule has 0 radical (unpaired) electrons. The summed E-state index contributed by atoms with van der Waals surface area (Å²) in [6, 6.07) is 8.28. The Labute approximate surface area is 241 Å². The molecule has 3 unspecified atom stereocenters. The van der Waals surface area contributed by atoms with Gasteiger partial charge in [0.25, 0.3) is 5.91 Å². The maximum absolute atomic E-state index is 13.9. The monoisotopic (exact) mass is 563 g/mol. The fraction of sp³-hybridized carbons (Fsp3) is 0.364. The molecule has 9 heteroatoms. The first kappa shape index (κ1) is 25.3. The number of hydrogen-bond acceptors (Lipinski definition) is 4. The maximum atomic E-state index is 13.9. The fourth-order valence-electron chi connectivity index (χ4n) is 7.88. The molecule has 3 aliphatic heterocycles. The first-order chi connectivity index (χ1) is 20.4. The molecule has 3 amide bonds. The maximum Gasteiger partial charge on any atom is 0.252 e. The number of carbonyl (C=O) groups excluding carboxylic acids is 3. The molecule has 5 heterocycles. The summed E-state index contributed by atoms with van der Waals surface area (Å²) in [5.74, 6) is -0.671. The molecule has 2 aromatic carbocycles. The third-order valence-electron chi connectivity index (χ3n) is 9.64. The first-order valence-electron chi connectivity index (χ1n) is 14.9. The lowest BCUT2D eigenvalue weighted by Crippen LogP contribution is -2.44. The molecule has 0 spiro atoms. The van der Waals surface area contributed by atoms with Gasteiger partial charge < -0.3 is 29.8 Å². The second kappa shape index (κ2) is 9.06. The zero-order valence-corrected chi connectivity index (χ0v) is 23.6. The Bertz CT molecular complexity index is 2020. The number of ether oxygens (including phenoxy) is 1. The summed E-state index contributed by atoms with van der Waals surface area (Å²) in [6.07, 6.45) is 9.32. The van der Waals surface area contributed by atoms with Crippen LogP contribution in [0.1, 0.15) is 61.2 Å². The summed E-state index contributed by atoms with van der Waals surface area (Å²) in [5, 5.41) is 14.4. The Kier molecular flexibility index (Phi) is 5.47. The van der Waals surface area contributed by atoms with E-state index < -0.39 is 11.6 Å². The van der Waals surface area contributed by atoms with Crippen LogP contribution in [0.5, 0.6) is 0 Å². The van der Waals surface area contributed by atoms with Crippen LogP contribution < -0.4 is 26.5 Å². The minimum atomic E-state index is -0.935. The number of aromatic nitrogens is 2. The number of benzene rings is 2. The van der Waals surface area contributed by atoms with Crippen molar-refractivity contribution in [2.75, 3.05) is 13.1 Å². The van der Waals surface area contributed by atoms with Gasteiger partial charge in [0.2, 0.25) is 11.8 Å². The van der Waals surface area contributed by atoms with E-state index in [-0.39, 0.29) is 23.9 Å². The van der Waals surface area contributed by atoms with Crippen molar-refractivity contribution in [2.24, 2.45) is 5.92 Å². The van der Waals surface area contributed by atoms with E-state index in [0.29, 0.717) is 26.1 Å². The van der Waals surface area contributed by atoms with Crippen LogP contribution in [0.3, 0.4) is 0 Å². The van der Waals surface area contributed by atoms with E-state index in [0.717, 1.165) is 80.1 Å². The molecular weight excluding hydrogens is 530 g/mol. The number of hydrogen-bond donors (Lipinski definition) is 3. The molecule has 3 atom stereocenters. The van der Waals surface area contributed by atoms with Crippen LogP contribution in [0, 0.1) is 5.92 Å². The van der Waals surface area contributed by atoms with Crippen molar-refractivity contribution in [1.82, 2.24) is 25.1 Å². The quantitative estimate of drug-likeness (QED) is 0.238. The largest absolute Gasteiger partial charge is 0.356 e. The van der Waals surface area contributed by atoms with E-state index in [1.807, 2.05) is 19.1 Å². The molecule has 2 aromatic heterocycles. The lowest BCUT2D eigenvalue weighted by Gasteiger charge is -2.32. The Morgan fingerprint density at radius 1 is 1.12 bits per heavy atom. The molecule has 0 saturated carbocycles. The lowest BCUT2D eigenvalue weighted by molar-refractivity contribution is -0.144. The van der Waals surface area contributed by atoms with Crippen molar-refractivity contribution < 1.29 is 19.1 Å². The van der Waals surface area contributed by atoms with E-state index in [1.54, 1.807) is 0 Å². The highest BCUT2D eigenvalue weighted by molar-refractivity contribution is 6.25. The molecule has 214 valence electrons. The number of para-hydroxylation sites is 1. The second-order valence-corrected chi connectivity index (χ2v) is 11.9. The Morgan fingerprint density at radius 3 is 2.74 bits per heavy atom. The van der Waals surface area contributed by atoms with Gasteiger partial charge >= 0.3 is 0 Å². The van der Waals surface area contributed by atoms with Crippen molar-refractivity contribution in [3.05, 3.63) is 58.6 Å². The van der Waals surface area contributed by atoms with Gasteiger partial charge in [-0.25, -0.2) is 0 Å². The van der Waals surface area contributed by atoms with Gasteiger partial charge in [-0.15, -0.1) is 0 Å². The Hall–Kier alpha value is -4.37. The molecule has 9 nitrogen and oxygen atoms in total. The van der Waals surface area contributed by atoms with Gasteiger partial charge in [-0.2, -0.15) is 0 Å². The van der Waals surface area contributed by atoms with Gasteiger partial charge in [-0.3, -0.25) is 14.4 Å². The van der Waals surface area contributed by atoms with Gasteiger partial charge in [0, 0.05) is 52.8 Å². The molecular formula is C33H33N5O4. The normalized spacial score (nSPS) is 23.3. The summed E-state index contributed by atoms with van der Waals surface area (Å²) >= 11 is 0. The molecule has 4 aliphatic rings. The highest BCUT2D eigenvalue weighted by atomic mass is 16.5.